The number of fused-ring (bicyclic) bond motifs is 2. The normalized spacial score (nSPS) is 12.3. The molecule has 1 atom stereocenters. The zero-order valence-corrected chi connectivity index (χ0v) is 25.1. The van der Waals surface area contributed by atoms with Gasteiger partial charge in [0.2, 0.25) is 0 Å². The van der Waals surface area contributed by atoms with Crippen LogP contribution in [0.3, 0.4) is 0 Å². The number of ether oxygens (including phenoxy) is 2. The summed E-state index contributed by atoms with van der Waals surface area (Å²) < 4.78 is 11.3. The average molecular weight is 595 g/mol. The molecule has 224 valence electrons. The summed E-state index contributed by atoms with van der Waals surface area (Å²) in [5, 5.41) is 3.27. The van der Waals surface area contributed by atoms with Gasteiger partial charge in [-0.25, -0.2) is 4.79 Å². The summed E-state index contributed by atoms with van der Waals surface area (Å²) in [5.74, 6) is 0.215. The predicted octanol–water partition coefficient (Wildman–Crippen LogP) is 7.81. The maximum atomic E-state index is 13.2. The van der Waals surface area contributed by atoms with E-state index in [0.29, 0.717) is 36.4 Å². The lowest BCUT2D eigenvalue weighted by molar-refractivity contribution is -0.141. The van der Waals surface area contributed by atoms with E-state index in [-0.39, 0.29) is 5.78 Å². The molecule has 0 saturated heterocycles. The Hall–Kier alpha value is -5.62. The van der Waals surface area contributed by atoms with Gasteiger partial charge in [-0.1, -0.05) is 103 Å². The number of nitrogens with one attached hydrogen (secondary N) is 1. The highest BCUT2D eigenvalue weighted by atomic mass is 16.5. The van der Waals surface area contributed by atoms with E-state index in [1.54, 1.807) is 24.3 Å². The molecule has 0 aliphatic carbocycles. The number of para-hydroxylation sites is 3. The second kappa shape index (κ2) is 13.8. The number of nitrogens with zero attached hydrogens (tertiary/aromatic N) is 1. The van der Waals surface area contributed by atoms with E-state index in [0.717, 1.165) is 22.7 Å². The van der Waals surface area contributed by atoms with Crippen molar-refractivity contribution in [3.05, 3.63) is 155 Å². The molecule has 0 saturated carbocycles. The summed E-state index contributed by atoms with van der Waals surface area (Å²) in [6.07, 6.45) is 4.68. The second-order valence-electron chi connectivity index (χ2n) is 10.8. The number of anilines is 3. The Morgan fingerprint density at radius 2 is 1.31 bits per heavy atom. The molecular weight excluding hydrogens is 560 g/mol. The predicted molar refractivity (Wildman–Crippen MR) is 180 cm³/mol. The topological polar surface area (TPSA) is 67.9 Å². The van der Waals surface area contributed by atoms with Gasteiger partial charge in [0.05, 0.1) is 13.7 Å². The molecule has 45 heavy (non-hydrogen) atoms. The minimum Gasteiger partial charge on any atom is -0.492 e. The van der Waals surface area contributed by atoms with Gasteiger partial charge < -0.3 is 19.7 Å². The average Bonchev–Trinajstić information content (AvgIpc) is 3.25. The first-order valence-electron chi connectivity index (χ1n) is 15.0. The fourth-order valence-corrected chi connectivity index (χ4v) is 5.59. The summed E-state index contributed by atoms with van der Waals surface area (Å²) in [6, 6.07) is 40.1. The lowest BCUT2D eigenvalue weighted by Crippen LogP contribution is -2.33. The number of carbonyl (C=O) groups excluding carboxylic acids is 2. The molecule has 0 aromatic heterocycles. The number of hydrogen-bond acceptors (Lipinski definition) is 6. The molecule has 6 rings (SSSR count). The zero-order chi connectivity index (χ0) is 31.0. The quantitative estimate of drug-likeness (QED) is 0.124. The Balaban J connectivity index is 1.12. The fourth-order valence-electron chi connectivity index (χ4n) is 5.59. The second-order valence-corrected chi connectivity index (χ2v) is 10.8. The molecule has 0 bridgehead atoms. The van der Waals surface area contributed by atoms with Crippen LogP contribution >= 0.6 is 0 Å². The minimum absolute atomic E-state index is 0.118. The van der Waals surface area contributed by atoms with Crippen LogP contribution in [-0.4, -0.2) is 38.1 Å². The van der Waals surface area contributed by atoms with Gasteiger partial charge in [0.25, 0.3) is 0 Å². The molecule has 6 nitrogen and oxygen atoms in total. The SMILES string of the molecule is COC(=O)C(Cc1ccc(OCCN2c3ccccc3C=Cc3ccccc32)cc1)Nc1ccccc1C(=O)c1ccccc1. The van der Waals surface area contributed by atoms with Crippen molar-refractivity contribution < 1.29 is 19.1 Å². The molecule has 1 unspecified atom stereocenters. The molecule has 0 radical (unpaired) electrons. The molecule has 5 aromatic carbocycles. The molecule has 1 aliphatic rings. The zero-order valence-electron chi connectivity index (χ0n) is 25.1. The van der Waals surface area contributed by atoms with Gasteiger partial charge in [0, 0.05) is 34.6 Å². The van der Waals surface area contributed by atoms with E-state index in [1.165, 1.54) is 18.2 Å². The van der Waals surface area contributed by atoms with E-state index < -0.39 is 12.0 Å². The number of benzene rings is 5. The van der Waals surface area contributed by atoms with Gasteiger partial charge in [-0.3, -0.25) is 4.79 Å². The van der Waals surface area contributed by atoms with Crippen LogP contribution in [0, 0.1) is 0 Å². The number of carbonyl (C=O) groups is 2. The van der Waals surface area contributed by atoms with Crippen molar-refractivity contribution in [1.29, 1.82) is 0 Å². The van der Waals surface area contributed by atoms with Gasteiger partial charge in [0.15, 0.2) is 5.78 Å². The van der Waals surface area contributed by atoms with Crippen molar-refractivity contribution in [3.63, 3.8) is 0 Å². The Morgan fingerprint density at radius 1 is 0.711 bits per heavy atom. The molecule has 0 amide bonds. The lowest BCUT2D eigenvalue weighted by atomic mass is 10.00. The third-order valence-electron chi connectivity index (χ3n) is 7.87. The van der Waals surface area contributed by atoms with Gasteiger partial charge >= 0.3 is 5.97 Å². The molecule has 6 heteroatoms. The minimum atomic E-state index is -0.691. The maximum absolute atomic E-state index is 13.2. The standard InChI is InChI=1S/C39H34N2O4/c1-44-39(43)35(40-34-16-8-7-15-33(34)38(42)31-13-3-2-4-14-31)27-28-19-23-32(24-20-28)45-26-25-41-36-17-9-5-11-29(36)21-22-30-12-6-10-18-37(30)41/h2-24,35,40H,25-27H2,1H3. The molecule has 1 aliphatic heterocycles. The maximum Gasteiger partial charge on any atom is 0.328 e. The molecule has 0 spiro atoms. The van der Waals surface area contributed by atoms with Crippen molar-refractivity contribution in [2.45, 2.75) is 12.5 Å². The number of methoxy groups -OCH3 is 1. The van der Waals surface area contributed by atoms with Crippen molar-refractivity contribution in [2.24, 2.45) is 0 Å². The largest absolute Gasteiger partial charge is 0.492 e. The van der Waals surface area contributed by atoms with Crippen LogP contribution < -0.4 is 15.0 Å². The monoisotopic (exact) mass is 594 g/mol. The van der Waals surface area contributed by atoms with Crippen molar-refractivity contribution >= 4 is 41.0 Å². The highest BCUT2D eigenvalue weighted by Crippen LogP contribution is 2.36. The first-order chi connectivity index (χ1) is 22.1. The highest BCUT2D eigenvalue weighted by molar-refractivity contribution is 6.12. The van der Waals surface area contributed by atoms with Crippen LogP contribution in [0.15, 0.2) is 127 Å². The Bertz CT molecular complexity index is 1770. The Kier molecular flexibility index (Phi) is 9.02. The molecule has 5 aromatic rings. The summed E-state index contributed by atoms with van der Waals surface area (Å²) in [5.41, 5.74) is 7.20. The van der Waals surface area contributed by atoms with Gasteiger partial charge in [-0.05, 0) is 53.1 Å². The van der Waals surface area contributed by atoms with Crippen molar-refractivity contribution in [3.8, 4) is 5.75 Å². The van der Waals surface area contributed by atoms with E-state index in [9.17, 15) is 9.59 Å². The van der Waals surface area contributed by atoms with E-state index >= 15 is 0 Å². The van der Waals surface area contributed by atoms with Crippen LogP contribution in [0.4, 0.5) is 17.1 Å². The molecule has 1 heterocycles. The smallest absolute Gasteiger partial charge is 0.328 e. The molecule has 0 fully saturated rings. The van der Waals surface area contributed by atoms with Gasteiger partial charge in [0.1, 0.15) is 18.4 Å². The van der Waals surface area contributed by atoms with Crippen molar-refractivity contribution in [2.75, 3.05) is 30.5 Å². The summed E-state index contributed by atoms with van der Waals surface area (Å²) in [6.45, 7) is 1.16. The fraction of sp³-hybridized carbons (Fsp3) is 0.128. The Morgan fingerprint density at radius 3 is 1.98 bits per heavy atom. The lowest BCUT2D eigenvalue weighted by Gasteiger charge is -2.27. The number of hydrogen-bond donors (Lipinski definition) is 1. The third kappa shape index (κ3) is 6.81. The van der Waals surface area contributed by atoms with Crippen LogP contribution in [0.2, 0.25) is 0 Å². The van der Waals surface area contributed by atoms with Gasteiger partial charge in [-0.2, -0.15) is 0 Å². The summed E-state index contributed by atoms with van der Waals surface area (Å²) in [7, 11) is 1.37. The van der Waals surface area contributed by atoms with E-state index in [1.807, 2.05) is 54.6 Å². The number of esters is 1. The highest BCUT2D eigenvalue weighted by Gasteiger charge is 2.23. The van der Waals surface area contributed by atoms with Crippen LogP contribution in [0.5, 0.6) is 5.75 Å². The third-order valence-corrected chi connectivity index (χ3v) is 7.87. The van der Waals surface area contributed by atoms with Crippen LogP contribution in [0.25, 0.3) is 12.2 Å². The van der Waals surface area contributed by atoms with Crippen molar-refractivity contribution in [1.82, 2.24) is 0 Å². The molecule has 1 N–H and O–H groups in total. The van der Waals surface area contributed by atoms with E-state index in [4.69, 9.17) is 9.47 Å². The summed E-state index contributed by atoms with van der Waals surface area (Å²) >= 11 is 0. The van der Waals surface area contributed by atoms with Crippen LogP contribution in [0.1, 0.15) is 32.6 Å². The summed E-state index contributed by atoms with van der Waals surface area (Å²) in [4.78, 5) is 28.4. The van der Waals surface area contributed by atoms with Crippen LogP contribution in [-0.2, 0) is 16.0 Å². The number of rotatable bonds is 11. The van der Waals surface area contributed by atoms with E-state index in [2.05, 4.69) is 70.9 Å². The number of ketones is 1. The first-order valence-corrected chi connectivity index (χ1v) is 15.0. The molecular formula is C39H34N2O4. The Labute approximate surface area is 263 Å². The van der Waals surface area contributed by atoms with Gasteiger partial charge in [-0.15, -0.1) is 0 Å². The first kappa shape index (κ1) is 29.5.